The molecule has 0 spiro atoms. The third kappa shape index (κ3) is 7.11. The molecular formula is C19H33IN4O. The molecule has 0 radical (unpaired) electrons. The molecule has 1 aliphatic rings. The molecule has 1 aromatic carbocycles. The number of hydrogen-bond acceptors (Lipinski definition) is 3. The number of nitrogens with one attached hydrogen (secondary N) is 2. The molecule has 0 saturated heterocycles. The van der Waals surface area contributed by atoms with Gasteiger partial charge in [0.15, 0.2) is 5.96 Å². The Balaban J connectivity index is 0.00000312. The first kappa shape index (κ1) is 22.2. The van der Waals surface area contributed by atoms with Crippen LogP contribution in [0.5, 0.6) is 0 Å². The number of nitrogens with zero attached hydrogens (tertiary/aromatic N) is 1. The fourth-order valence-electron chi connectivity index (χ4n) is 3.51. The highest BCUT2D eigenvalue weighted by Gasteiger charge is 2.34. The van der Waals surface area contributed by atoms with E-state index in [0.29, 0.717) is 25.2 Å². The molecule has 0 aliphatic heterocycles. The summed E-state index contributed by atoms with van der Waals surface area (Å²) in [5, 5.41) is 7.01. The van der Waals surface area contributed by atoms with Crippen LogP contribution in [0.2, 0.25) is 0 Å². The summed E-state index contributed by atoms with van der Waals surface area (Å²) >= 11 is 0. The number of aliphatic imine (C=N–C) groups is 1. The van der Waals surface area contributed by atoms with Gasteiger partial charge in [0.25, 0.3) is 0 Å². The minimum Gasteiger partial charge on any atom is -0.383 e. The highest BCUT2D eigenvalue weighted by atomic mass is 127. The summed E-state index contributed by atoms with van der Waals surface area (Å²) < 4.78 is 5.12. The van der Waals surface area contributed by atoms with Crippen molar-refractivity contribution < 1.29 is 4.74 Å². The fraction of sp³-hybridized carbons (Fsp3) is 0.632. The fourth-order valence-corrected chi connectivity index (χ4v) is 3.51. The summed E-state index contributed by atoms with van der Waals surface area (Å²) in [6.45, 7) is 5.59. The molecule has 0 amide bonds. The van der Waals surface area contributed by atoms with Crippen molar-refractivity contribution in [1.82, 2.24) is 10.6 Å². The number of methoxy groups -OCH3 is 1. The van der Waals surface area contributed by atoms with Crippen molar-refractivity contribution in [3.8, 4) is 0 Å². The van der Waals surface area contributed by atoms with E-state index in [4.69, 9.17) is 10.5 Å². The summed E-state index contributed by atoms with van der Waals surface area (Å²) in [4.78, 5) is 4.61. The predicted molar refractivity (Wildman–Crippen MR) is 116 cm³/mol. The molecule has 6 heteroatoms. The molecular weight excluding hydrogens is 427 g/mol. The van der Waals surface area contributed by atoms with Crippen LogP contribution in [-0.4, -0.2) is 37.8 Å². The van der Waals surface area contributed by atoms with Crippen LogP contribution < -0.4 is 16.4 Å². The van der Waals surface area contributed by atoms with Gasteiger partial charge in [0.2, 0.25) is 0 Å². The lowest BCUT2D eigenvalue weighted by Gasteiger charge is -2.33. The van der Waals surface area contributed by atoms with E-state index in [1.54, 1.807) is 7.11 Å². The average Bonchev–Trinajstić information content (AvgIpc) is 3.03. The number of nitrogens with two attached hydrogens (primary N) is 1. The van der Waals surface area contributed by atoms with Crippen molar-refractivity contribution in [2.45, 2.75) is 57.2 Å². The van der Waals surface area contributed by atoms with Gasteiger partial charge in [-0.05, 0) is 32.3 Å². The monoisotopic (exact) mass is 460 g/mol. The lowest BCUT2D eigenvalue weighted by molar-refractivity contribution is 0.179. The normalized spacial score (nSPS) is 19.1. The van der Waals surface area contributed by atoms with Crippen molar-refractivity contribution in [3.05, 3.63) is 35.9 Å². The summed E-state index contributed by atoms with van der Waals surface area (Å²) in [6, 6.07) is 11.0. The molecule has 2 atom stereocenters. The molecule has 2 unspecified atom stereocenters. The average molecular weight is 460 g/mol. The van der Waals surface area contributed by atoms with Crippen LogP contribution >= 0.6 is 24.0 Å². The van der Waals surface area contributed by atoms with E-state index >= 15 is 0 Å². The molecule has 4 N–H and O–H groups in total. The molecule has 142 valence electrons. The molecule has 5 nitrogen and oxygen atoms in total. The Bertz CT molecular complexity index is 517. The maximum atomic E-state index is 6.04. The zero-order chi connectivity index (χ0) is 17.4. The van der Waals surface area contributed by atoms with Gasteiger partial charge in [0.1, 0.15) is 0 Å². The molecule has 1 fully saturated rings. The van der Waals surface area contributed by atoms with E-state index in [-0.39, 0.29) is 35.6 Å². The van der Waals surface area contributed by atoms with Crippen molar-refractivity contribution in [1.29, 1.82) is 0 Å². The summed E-state index contributed by atoms with van der Waals surface area (Å²) in [5.41, 5.74) is 7.40. The maximum Gasteiger partial charge on any atom is 0.188 e. The first-order chi connectivity index (χ1) is 11.5. The van der Waals surface area contributed by atoms with Gasteiger partial charge in [-0.3, -0.25) is 4.99 Å². The van der Waals surface area contributed by atoms with E-state index in [1.807, 2.05) is 6.92 Å². The van der Waals surface area contributed by atoms with Crippen LogP contribution in [0.15, 0.2) is 35.3 Å². The number of rotatable bonds is 8. The van der Waals surface area contributed by atoms with Gasteiger partial charge in [-0.2, -0.15) is 0 Å². The highest BCUT2D eigenvalue weighted by molar-refractivity contribution is 14.0. The Labute approximate surface area is 169 Å². The molecule has 2 rings (SSSR count). The zero-order valence-electron chi connectivity index (χ0n) is 15.6. The predicted octanol–water partition coefficient (Wildman–Crippen LogP) is 3.21. The first-order valence-electron chi connectivity index (χ1n) is 8.93. The summed E-state index contributed by atoms with van der Waals surface area (Å²) in [5.74, 6) is 0.500. The van der Waals surface area contributed by atoms with Gasteiger partial charge in [0.05, 0.1) is 13.2 Å². The molecule has 1 aromatic rings. The molecule has 1 aliphatic carbocycles. The van der Waals surface area contributed by atoms with Crippen LogP contribution in [0.3, 0.4) is 0 Å². The van der Waals surface area contributed by atoms with Gasteiger partial charge < -0.3 is 21.1 Å². The van der Waals surface area contributed by atoms with Gasteiger partial charge in [-0.25, -0.2) is 0 Å². The lowest BCUT2D eigenvalue weighted by atomic mass is 9.95. The minimum absolute atomic E-state index is 0. The van der Waals surface area contributed by atoms with Gasteiger partial charge in [0, 0.05) is 24.7 Å². The third-order valence-corrected chi connectivity index (χ3v) is 4.75. The Morgan fingerprint density at radius 2 is 1.88 bits per heavy atom. The number of hydrogen-bond donors (Lipinski definition) is 3. The second-order valence-corrected chi connectivity index (χ2v) is 6.97. The molecule has 0 heterocycles. The van der Waals surface area contributed by atoms with Crippen molar-refractivity contribution in [2.75, 3.05) is 20.3 Å². The lowest BCUT2D eigenvalue weighted by Crippen LogP contribution is -2.48. The third-order valence-electron chi connectivity index (χ3n) is 4.75. The smallest absolute Gasteiger partial charge is 0.188 e. The second-order valence-electron chi connectivity index (χ2n) is 6.97. The Morgan fingerprint density at radius 3 is 2.48 bits per heavy atom. The molecule has 1 saturated carbocycles. The first-order valence-corrected chi connectivity index (χ1v) is 8.93. The van der Waals surface area contributed by atoms with Crippen LogP contribution in [0.1, 0.15) is 51.1 Å². The maximum absolute atomic E-state index is 6.04. The minimum atomic E-state index is 0. The van der Waals surface area contributed by atoms with Crippen molar-refractivity contribution in [2.24, 2.45) is 10.7 Å². The van der Waals surface area contributed by atoms with Crippen molar-refractivity contribution in [3.63, 3.8) is 0 Å². The Morgan fingerprint density at radius 1 is 1.24 bits per heavy atom. The molecule has 0 bridgehead atoms. The number of benzene rings is 1. The summed E-state index contributed by atoms with van der Waals surface area (Å²) in [7, 11) is 1.69. The number of guanidine groups is 1. The molecule has 25 heavy (non-hydrogen) atoms. The van der Waals surface area contributed by atoms with E-state index < -0.39 is 0 Å². The quantitative estimate of drug-likeness (QED) is 0.317. The van der Waals surface area contributed by atoms with Crippen LogP contribution in [0, 0.1) is 0 Å². The van der Waals surface area contributed by atoms with Crippen LogP contribution in [-0.2, 0) is 4.74 Å². The zero-order valence-corrected chi connectivity index (χ0v) is 18.0. The SMILES string of the molecule is COCC(C)NC(N)=NCC1(NC(C)c2ccccc2)CCCC1.I. The van der Waals surface area contributed by atoms with E-state index in [9.17, 15) is 0 Å². The van der Waals surface area contributed by atoms with E-state index in [2.05, 4.69) is 52.9 Å². The van der Waals surface area contributed by atoms with Crippen LogP contribution in [0.4, 0.5) is 0 Å². The molecule has 0 aromatic heterocycles. The van der Waals surface area contributed by atoms with Gasteiger partial charge >= 0.3 is 0 Å². The topological polar surface area (TPSA) is 71.7 Å². The van der Waals surface area contributed by atoms with E-state index in [0.717, 1.165) is 12.8 Å². The van der Waals surface area contributed by atoms with Crippen molar-refractivity contribution >= 4 is 29.9 Å². The Kier molecular flexibility index (Phi) is 9.74. The number of halogens is 1. The highest BCUT2D eigenvalue weighted by Crippen LogP contribution is 2.32. The second kappa shape index (κ2) is 11.0. The number of ether oxygens (including phenoxy) is 1. The van der Waals surface area contributed by atoms with Gasteiger partial charge in [-0.1, -0.05) is 43.2 Å². The van der Waals surface area contributed by atoms with E-state index in [1.165, 1.54) is 18.4 Å². The van der Waals surface area contributed by atoms with Crippen LogP contribution in [0.25, 0.3) is 0 Å². The van der Waals surface area contributed by atoms with Gasteiger partial charge in [-0.15, -0.1) is 24.0 Å². The standard InChI is InChI=1S/C19H32N4O.HI/c1-15(13-24-3)22-18(20)21-14-19(11-7-8-12-19)23-16(2)17-9-5-4-6-10-17;/h4-6,9-10,15-16,23H,7-8,11-14H2,1-3H3,(H3,20,21,22);1H. The largest absolute Gasteiger partial charge is 0.383 e. The Hall–Kier alpha value is -0.860. The summed E-state index contributed by atoms with van der Waals surface area (Å²) in [6.07, 6.45) is 4.79.